The van der Waals surface area contributed by atoms with Crippen LogP contribution in [0.15, 0.2) is 24.3 Å². The maximum Gasteiger partial charge on any atom is 0.316 e. The van der Waals surface area contributed by atoms with Crippen LogP contribution in [-0.2, 0) is 9.59 Å². The normalized spacial score (nSPS) is 11.0. The zero-order valence-electron chi connectivity index (χ0n) is 13.3. The Morgan fingerprint density at radius 3 is 2.10 bits per heavy atom. The van der Waals surface area contributed by atoms with E-state index in [0.717, 1.165) is 19.3 Å². The first-order chi connectivity index (χ1) is 9.84. The average Bonchev–Trinajstić information content (AvgIpc) is 2.40. The van der Waals surface area contributed by atoms with E-state index < -0.39 is 5.41 Å². The van der Waals surface area contributed by atoms with Gasteiger partial charge in [0, 0.05) is 6.42 Å². The quantitative estimate of drug-likeness (QED) is 0.449. The minimum atomic E-state index is -0.613. The second-order valence-electron chi connectivity index (χ2n) is 6.02. The van der Waals surface area contributed by atoms with Crippen molar-refractivity contribution >= 4 is 11.9 Å². The molecule has 0 aliphatic carbocycles. The average molecular weight is 292 g/mol. The summed E-state index contributed by atoms with van der Waals surface area (Å²) in [7, 11) is 0. The minimum absolute atomic E-state index is 0.279. The molecule has 116 valence electrons. The molecule has 0 amide bonds. The second-order valence-corrected chi connectivity index (χ2v) is 6.02. The lowest BCUT2D eigenvalue weighted by Gasteiger charge is -2.17. The maximum absolute atomic E-state index is 11.9. The molecule has 0 spiro atoms. The second kappa shape index (κ2) is 7.81. The summed E-state index contributed by atoms with van der Waals surface area (Å²) in [6.45, 7) is 7.39. The highest BCUT2D eigenvalue weighted by molar-refractivity contribution is 5.79. The molecule has 1 rings (SSSR count). The van der Waals surface area contributed by atoms with E-state index in [1.165, 1.54) is 0 Å². The first-order valence-electron chi connectivity index (χ1n) is 7.36. The highest BCUT2D eigenvalue weighted by Crippen LogP contribution is 2.29. The van der Waals surface area contributed by atoms with Crippen LogP contribution in [0, 0.1) is 5.41 Å². The molecule has 0 aliphatic rings. The van der Waals surface area contributed by atoms with Crippen molar-refractivity contribution in [3.63, 3.8) is 0 Å². The van der Waals surface area contributed by atoms with E-state index in [1.54, 1.807) is 45.0 Å². The van der Waals surface area contributed by atoms with Gasteiger partial charge in [0.25, 0.3) is 0 Å². The van der Waals surface area contributed by atoms with Gasteiger partial charge in [0.15, 0.2) is 11.5 Å². The molecule has 0 aliphatic heterocycles. The van der Waals surface area contributed by atoms with Crippen LogP contribution in [-0.4, -0.2) is 11.9 Å². The fourth-order valence-corrected chi connectivity index (χ4v) is 1.56. The van der Waals surface area contributed by atoms with Crippen LogP contribution < -0.4 is 9.47 Å². The molecule has 0 bridgehead atoms. The van der Waals surface area contributed by atoms with Crippen LogP contribution >= 0.6 is 0 Å². The number of hydrogen-bond acceptors (Lipinski definition) is 4. The van der Waals surface area contributed by atoms with Crippen molar-refractivity contribution in [2.24, 2.45) is 5.41 Å². The maximum atomic E-state index is 11.9. The molecular formula is C17H24O4. The summed E-state index contributed by atoms with van der Waals surface area (Å²) in [5.74, 6) is -0.0995. The minimum Gasteiger partial charge on any atom is -0.423 e. The van der Waals surface area contributed by atoms with Gasteiger partial charge in [-0.3, -0.25) is 9.59 Å². The van der Waals surface area contributed by atoms with Crippen LogP contribution in [0.2, 0.25) is 0 Å². The molecule has 0 unspecified atom stereocenters. The predicted molar refractivity (Wildman–Crippen MR) is 81.3 cm³/mol. The third-order valence-electron chi connectivity index (χ3n) is 2.87. The van der Waals surface area contributed by atoms with Crippen LogP contribution in [0.1, 0.15) is 53.4 Å². The van der Waals surface area contributed by atoms with E-state index in [0.29, 0.717) is 6.42 Å². The van der Waals surface area contributed by atoms with E-state index in [-0.39, 0.29) is 23.4 Å². The van der Waals surface area contributed by atoms with Crippen molar-refractivity contribution in [3.05, 3.63) is 24.3 Å². The third kappa shape index (κ3) is 5.98. The number of benzene rings is 1. The van der Waals surface area contributed by atoms with Crippen molar-refractivity contribution in [3.8, 4) is 11.5 Å². The van der Waals surface area contributed by atoms with Crippen molar-refractivity contribution in [2.45, 2.75) is 53.4 Å². The Kier molecular flexibility index (Phi) is 6.40. The van der Waals surface area contributed by atoms with Gasteiger partial charge in [-0.05, 0) is 39.3 Å². The van der Waals surface area contributed by atoms with E-state index in [1.807, 2.05) is 0 Å². The third-order valence-corrected chi connectivity index (χ3v) is 2.87. The summed E-state index contributed by atoms with van der Waals surface area (Å²) in [5, 5.41) is 0. The molecule has 0 radical (unpaired) electrons. The Bertz CT molecular complexity index is 486. The first kappa shape index (κ1) is 17.2. The van der Waals surface area contributed by atoms with Crippen molar-refractivity contribution in [1.29, 1.82) is 0 Å². The highest BCUT2D eigenvalue weighted by Gasteiger charge is 2.25. The van der Waals surface area contributed by atoms with Gasteiger partial charge in [-0.25, -0.2) is 0 Å². The molecule has 1 aromatic rings. The number of hydrogen-bond donors (Lipinski definition) is 0. The standard InChI is InChI=1S/C17H24O4/c1-5-6-7-12-15(18)20-13-10-8-9-11-14(13)21-16(19)17(2,3)4/h8-11H,5-7,12H2,1-4H3. The molecule has 0 aromatic heterocycles. The monoisotopic (exact) mass is 292 g/mol. The zero-order valence-corrected chi connectivity index (χ0v) is 13.3. The topological polar surface area (TPSA) is 52.6 Å². The van der Waals surface area contributed by atoms with Gasteiger partial charge in [-0.2, -0.15) is 0 Å². The fourth-order valence-electron chi connectivity index (χ4n) is 1.56. The Hall–Kier alpha value is -1.84. The van der Waals surface area contributed by atoms with Gasteiger partial charge in [-0.1, -0.05) is 31.9 Å². The van der Waals surface area contributed by atoms with E-state index in [2.05, 4.69) is 6.92 Å². The van der Waals surface area contributed by atoms with Gasteiger partial charge in [0.1, 0.15) is 0 Å². The van der Waals surface area contributed by atoms with Gasteiger partial charge in [0.05, 0.1) is 5.41 Å². The Balaban J connectivity index is 2.71. The summed E-state index contributed by atoms with van der Waals surface area (Å²) in [4.78, 5) is 23.7. The molecule has 0 saturated heterocycles. The smallest absolute Gasteiger partial charge is 0.316 e. The SMILES string of the molecule is CCCCCC(=O)Oc1ccccc1OC(=O)C(C)(C)C. The lowest BCUT2D eigenvalue weighted by Crippen LogP contribution is -2.25. The molecule has 0 saturated carbocycles. The molecule has 21 heavy (non-hydrogen) atoms. The van der Waals surface area contributed by atoms with Crippen LogP contribution in [0.5, 0.6) is 11.5 Å². The molecule has 0 heterocycles. The van der Waals surface area contributed by atoms with Crippen molar-refractivity contribution < 1.29 is 19.1 Å². The first-order valence-corrected chi connectivity index (χ1v) is 7.36. The summed E-state index contributed by atoms with van der Waals surface area (Å²) >= 11 is 0. The number of ether oxygens (including phenoxy) is 2. The molecule has 0 fully saturated rings. The number of rotatable bonds is 6. The molecule has 4 nitrogen and oxygen atoms in total. The summed E-state index contributed by atoms with van der Waals surface area (Å²) in [5.41, 5.74) is -0.613. The van der Waals surface area contributed by atoms with Gasteiger partial charge in [0.2, 0.25) is 0 Å². The van der Waals surface area contributed by atoms with E-state index in [9.17, 15) is 9.59 Å². The summed E-state index contributed by atoms with van der Waals surface area (Å²) in [6.07, 6.45) is 3.22. The van der Waals surface area contributed by atoms with Gasteiger partial charge >= 0.3 is 11.9 Å². The molecular weight excluding hydrogens is 268 g/mol. The molecule has 0 atom stereocenters. The summed E-state index contributed by atoms with van der Waals surface area (Å²) in [6, 6.07) is 6.73. The predicted octanol–water partition coefficient (Wildman–Crippen LogP) is 4.12. The van der Waals surface area contributed by atoms with Crippen LogP contribution in [0.4, 0.5) is 0 Å². The zero-order chi connectivity index (χ0) is 15.9. The lowest BCUT2D eigenvalue weighted by atomic mass is 9.97. The number of carbonyl (C=O) groups excluding carboxylic acids is 2. The molecule has 1 aromatic carbocycles. The Morgan fingerprint density at radius 1 is 1.00 bits per heavy atom. The summed E-state index contributed by atoms with van der Waals surface area (Å²) < 4.78 is 10.6. The van der Waals surface area contributed by atoms with Crippen LogP contribution in [0.3, 0.4) is 0 Å². The largest absolute Gasteiger partial charge is 0.423 e. The Morgan fingerprint density at radius 2 is 1.57 bits per heavy atom. The number of carbonyl (C=O) groups is 2. The molecule has 4 heteroatoms. The molecule has 0 N–H and O–H groups in total. The van der Waals surface area contributed by atoms with E-state index in [4.69, 9.17) is 9.47 Å². The van der Waals surface area contributed by atoms with Gasteiger partial charge < -0.3 is 9.47 Å². The van der Waals surface area contributed by atoms with E-state index >= 15 is 0 Å². The fraction of sp³-hybridized carbons (Fsp3) is 0.529. The van der Waals surface area contributed by atoms with Crippen molar-refractivity contribution in [2.75, 3.05) is 0 Å². The van der Waals surface area contributed by atoms with Crippen molar-refractivity contribution in [1.82, 2.24) is 0 Å². The highest BCUT2D eigenvalue weighted by atomic mass is 16.6. The number of unbranched alkanes of at least 4 members (excludes halogenated alkanes) is 2. The van der Waals surface area contributed by atoms with Crippen LogP contribution in [0.25, 0.3) is 0 Å². The van der Waals surface area contributed by atoms with Gasteiger partial charge in [-0.15, -0.1) is 0 Å². The number of esters is 2. The number of para-hydroxylation sites is 2. The Labute approximate surface area is 126 Å². The lowest BCUT2D eigenvalue weighted by molar-refractivity contribution is -0.143.